The Hall–Kier alpha value is -2.63. The predicted molar refractivity (Wildman–Crippen MR) is 105 cm³/mol. The molecule has 1 aromatic heterocycles. The maximum atomic E-state index is 12.3. The Labute approximate surface area is 155 Å². The number of anilines is 2. The van der Waals surface area contributed by atoms with Crippen molar-refractivity contribution in [2.75, 3.05) is 24.3 Å². The first kappa shape index (κ1) is 18.2. The fourth-order valence-corrected chi connectivity index (χ4v) is 3.30. The van der Waals surface area contributed by atoms with Gasteiger partial charge in [0, 0.05) is 37.8 Å². The molecule has 2 aromatic rings. The van der Waals surface area contributed by atoms with Crippen LogP contribution in [0.3, 0.4) is 0 Å². The molecule has 1 aliphatic rings. The molecule has 1 fully saturated rings. The van der Waals surface area contributed by atoms with Crippen LogP contribution in [-0.2, 0) is 0 Å². The van der Waals surface area contributed by atoms with Crippen LogP contribution in [0.15, 0.2) is 36.4 Å². The van der Waals surface area contributed by atoms with E-state index >= 15 is 0 Å². The molecule has 1 amide bonds. The second kappa shape index (κ2) is 8.17. The van der Waals surface area contributed by atoms with Gasteiger partial charge in [0.15, 0.2) is 0 Å². The summed E-state index contributed by atoms with van der Waals surface area (Å²) < 4.78 is 0. The summed E-state index contributed by atoms with van der Waals surface area (Å²) in [7, 11) is 3.96. The molecule has 138 valence electrons. The molecule has 3 rings (SSSR count). The lowest BCUT2D eigenvalue weighted by molar-refractivity contribution is 0.0926. The number of carbonyl (C=O) groups is 1. The monoisotopic (exact) mass is 353 g/mol. The summed E-state index contributed by atoms with van der Waals surface area (Å²) in [6.07, 6.45) is 3.97. The van der Waals surface area contributed by atoms with E-state index in [-0.39, 0.29) is 11.9 Å². The van der Waals surface area contributed by atoms with E-state index in [1.165, 1.54) is 0 Å². The van der Waals surface area contributed by atoms with Crippen LogP contribution >= 0.6 is 0 Å². The number of carbonyl (C=O) groups excluding carboxylic acids is 1. The van der Waals surface area contributed by atoms with Crippen LogP contribution in [0.2, 0.25) is 0 Å². The summed E-state index contributed by atoms with van der Waals surface area (Å²) >= 11 is 0. The number of benzene rings is 1. The van der Waals surface area contributed by atoms with Crippen LogP contribution < -0.4 is 15.5 Å². The van der Waals surface area contributed by atoms with Crippen molar-refractivity contribution in [3.05, 3.63) is 47.8 Å². The Morgan fingerprint density at radius 2 is 1.69 bits per heavy atom. The maximum Gasteiger partial charge on any atom is 0.251 e. The Balaban J connectivity index is 1.52. The molecule has 1 saturated carbocycles. The Bertz CT molecular complexity index is 739. The normalized spacial score (nSPS) is 19.7. The van der Waals surface area contributed by atoms with Crippen molar-refractivity contribution in [2.45, 2.75) is 44.7 Å². The van der Waals surface area contributed by atoms with Gasteiger partial charge in [-0.15, -0.1) is 0 Å². The molecule has 1 aromatic carbocycles. The number of hydrogen-bond acceptors (Lipinski definition) is 5. The lowest BCUT2D eigenvalue weighted by Crippen LogP contribution is -2.40. The third kappa shape index (κ3) is 4.71. The molecule has 0 unspecified atom stereocenters. The highest BCUT2D eigenvalue weighted by atomic mass is 16.1. The van der Waals surface area contributed by atoms with Crippen LogP contribution in [0.25, 0.3) is 0 Å². The van der Waals surface area contributed by atoms with E-state index in [0.717, 1.165) is 48.7 Å². The van der Waals surface area contributed by atoms with E-state index in [0.29, 0.717) is 6.04 Å². The number of rotatable bonds is 5. The molecule has 0 radical (unpaired) electrons. The van der Waals surface area contributed by atoms with Gasteiger partial charge in [-0.3, -0.25) is 4.79 Å². The van der Waals surface area contributed by atoms with Crippen molar-refractivity contribution < 1.29 is 4.79 Å². The lowest BCUT2D eigenvalue weighted by atomic mass is 9.91. The maximum absolute atomic E-state index is 12.3. The molecule has 0 saturated heterocycles. The topological polar surface area (TPSA) is 70.2 Å². The van der Waals surface area contributed by atoms with Crippen molar-refractivity contribution in [3.8, 4) is 0 Å². The number of nitrogens with zero attached hydrogens (tertiary/aromatic N) is 3. The summed E-state index contributed by atoms with van der Waals surface area (Å²) in [5, 5.41) is 6.69. The first-order chi connectivity index (χ1) is 12.5. The van der Waals surface area contributed by atoms with Gasteiger partial charge in [0.1, 0.15) is 17.5 Å². The number of nitrogens with one attached hydrogen (secondary N) is 2. The third-order valence-electron chi connectivity index (χ3n) is 4.73. The van der Waals surface area contributed by atoms with Crippen LogP contribution in [0.4, 0.5) is 11.6 Å². The molecule has 0 atom stereocenters. The fraction of sp³-hybridized carbons (Fsp3) is 0.450. The predicted octanol–water partition coefficient (Wildman–Crippen LogP) is 3.00. The molecule has 6 heteroatoms. The minimum atomic E-state index is 0.0176. The minimum Gasteiger partial charge on any atom is -0.367 e. The summed E-state index contributed by atoms with van der Waals surface area (Å²) in [6.45, 7) is 1.91. The summed E-state index contributed by atoms with van der Waals surface area (Å²) in [5.41, 5.74) is 0.723. The van der Waals surface area contributed by atoms with E-state index in [4.69, 9.17) is 0 Å². The second-order valence-electron chi connectivity index (χ2n) is 7.09. The van der Waals surface area contributed by atoms with E-state index in [1.807, 2.05) is 62.3 Å². The van der Waals surface area contributed by atoms with Crippen LogP contribution in [0, 0.1) is 6.92 Å². The van der Waals surface area contributed by atoms with E-state index < -0.39 is 0 Å². The van der Waals surface area contributed by atoms with Gasteiger partial charge < -0.3 is 15.5 Å². The SMILES string of the molecule is Cc1nc(NC2CCC(NC(=O)c3ccccc3)CC2)cc(N(C)C)n1. The van der Waals surface area contributed by atoms with Crippen molar-refractivity contribution >= 4 is 17.5 Å². The number of aromatic nitrogens is 2. The summed E-state index contributed by atoms with van der Waals surface area (Å²) in [6, 6.07) is 12.0. The Kier molecular flexibility index (Phi) is 5.71. The zero-order valence-corrected chi connectivity index (χ0v) is 15.7. The Morgan fingerprint density at radius 3 is 2.35 bits per heavy atom. The molecule has 26 heavy (non-hydrogen) atoms. The first-order valence-electron chi connectivity index (χ1n) is 9.16. The standard InChI is InChI=1S/C20H27N5O/c1-14-21-18(13-19(22-14)25(2)3)23-16-9-11-17(12-10-16)24-20(26)15-7-5-4-6-8-15/h4-8,13,16-17H,9-12H2,1-3H3,(H,24,26)(H,21,22,23). The van der Waals surface area contributed by atoms with Crippen molar-refractivity contribution in [1.29, 1.82) is 0 Å². The fourth-order valence-electron chi connectivity index (χ4n) is 3.30. The van der Waals surface area contributed by atoms with Gasteiger partial charge in [0.25, 0.3) is 5.91 Å². The number of hydrogen-bond donors (Lipinski definition) is 2. The molecule has 2 N–H and O–H groups in total. The largest absolute Gasteiger partial charge is 0.367 e. The zero-order chi connectivity index (χ0) is 18.5. The molecule has 1 aliphatic carbocycles. The second-order valence-corrected chi connectivity index (χ2v) is 7.09. The molecule has 1 heterocycles. The van der Waals surface area contributed by atoms with E-state index in [2.05, 4.69) is 20.6 Å². The first-order valence-corrected chi connectivity index (χ1v) is 9.16. The van der Waals surface area contributed by atoms with Gasteiger partial charge in [0.2, 0.25) is 0 Å². The highest BCUT2D eigenvalue weighted by Gasteiger charge is 2.23. The Morgan fingerprint density at radius 1 is 1.04 bits per heavy atom. The number of aryl methyl sites for hydroxylation is 1. The third-order valence-corrected chi connectivity index (χ3v) is 4.73. The van der Waals surface area contributed by atoms with Gasteiger partial charge >= 0.3 is 0 Å². The average Bonchev–Trinajstić information content (AvgIpc) is 2.63. The minimum absolute atomic E-state index is 0.0176. The number of amides is 1. The molecule has 0 bridgehead atoms. The zero-order valence-electron chi connectivity index (χ0n) is 15.7. The van der Waals surface area contributed by atoms with E-state index in [1.54, 1.807) is 0 Å². The lowest BCUT2D eigenvalue weighted by Gasteiger charge is -2.30. The highest BCUT2D eigenvalue weighted by molar-refractivity contribution is 5.94. The summed E-state index contributed by atoms with van der Waals surface area (Å²) in [5.74, 6) is 2.56. The molecular weight excluding hydrogens is 326 g/mol. The van der Waals surface area contributed by atoms with Crippen molar-refractivity contribution in [2.24, 2.45) is 0 Å². The summed E-state index contributed by atoms with van der Waals surface area (Å²) in [4.78, 5) is 23.2. The smallest absolute Gasteiger partial charge is 0.251 e. The van der Waals surface area contributed by atoms with Crippen LogP contribution in [-0.4, -0.2) is 42.1 Å². The quantitative estimate of drug-likeness (QED) is 0.865. The van der Waals surface area contributed by atoms with Gasteiger partial charge in [-0.1, -0.05) is 18.2 Å². The molecule has 0 spiro atoms. The van der Waals surface area contributed by atoms with E-state index in [9.17, 15) is 4.79 Å². The van der Waals surface area contributed by atoms with Gasteiger partial charge in [-0.2, -0.15) is 0 Å². The molecular formula is C20H27N5O. The van der Waals surface area contributed by atoms with Crippen LogP contribution in [0.5, 0.6) is 0 Å². The molecule has 6 nitrogen and oxygen atoms in total. The van der Waals surface area contributed by atoms with Gasteiger partial charge in [0.05, 0.1) is 0 Å². The average molecular weight is 353 g/mol. The van der Waals surface area contributed by atoms with Crippen LogP contribution in [0.1, 0.15) is 41.9 Å². The molecule has 0 aliphatic heterocycles. The van der Waals surface area contributed by atoms with Gasteiger partial charge in [-0.05, 0) is 44.7 Å². The van der Waals surface area contributed by atoms with Crippen molar-refractivity contribution in [3.63, 3.8) is 0 Å². The van der Waals surface area contributed by atoms with Crippen molar-refractivity contribution in [1.82, 2.24) is 15.3 Å². The highest BCUT2D eigenvalue weighted by Crippen LogP contribution is 2.23. The van der Waals surface area contributed by atoms with Gasteiger partial charge in [-0.25, -0.2) is 9.97 Å².